The number of hydrogen-bond acceptors (Lipinski definition) is 4. The summed E-state index contributed by atoms with van der Waals surface area (Å²) in [6.45, 7) is 1.33. The summed E-state index contributed by atoms with van der Waals surface area (Å²) in [4.78, 5) is 21.3. The maximum absolute atomic E-state index is 12.8. The summed E-state index contributed by atoms with van der Waals surface area (Å²) < 4.78 is 12.8. The van der Waals surface area contributed by atoms with Gasteiger partial charge in [-0.25, -0.2) is 4.39 Å². The van der Waals surface area contributed by atoms with E-state index in [9.17, 15) is 19.3 Å². The normalized spacial score (nSPS) is 11.6. The second-order valence-electron chi connectivity index (χ2n) is 3.13. The van der Waals surface area contributed by atoms with Gasteiger partial charge in [-0.15, -0.1) is 0 Å². The van der Waals surface area contributed by atoms with Crippen molar-refractivity contribution < 1.29 is 14.1 Å². The lowest BCUT2D eigenvalue weighted by molar-refractivity contribution is -0.385. The largest absolute Gasteiger partial charge is 0.292 e. The minimum atomic E-state index is -0.996. The first-order valence-electron chi connectivity index (χ1n) is 4.35. The van der Waals surface area contributed by atoms with E-state index in [1.807, 2.05) is 0 Å². The lowest BCUT2D eigenvalue weighted by Gasteiger charge is -2.03. The molecule has 0 aliphatic carbocycles. The van der Waals surface area contributed by atoms with Gasteiger partial charge < -0.3 is 0 Å². The Bertz CT molecular complexity index is 493. The van der Waals surface area contributed by atoms with E-state index in [2.05, 4.69) is 0 Å². The fourth-order valence-corrected chi connectivity index (χ4v) is 1.16. The van der Waals surface area contributed by atoms with Gasteiger partial charge in [0, 0.05) is 0 Å². The number of nitriles is 1. The average Bonchev–Trinajstić information content (AvgIpc) is 2.26. The van der Waals surface area contributed by atoms with E-state index in [-0.39, 0.29) is 5.56 Å². The van der Waals surface area contributed by atoms with Crippen molar-refractivity contribution in [2.75, 3.05) is 0 Å². The second-order valence-corrected chi connectivity index (χ2v) is 3.13. The number of ketones is 1. The first kappa shape index (κ1) is 11.8. The van der Waals surface area contributed by atoms with E-state index in [0.29, 0.717) is 6.07 Å². The molecule has 6 heteroatoms. The molecule has 0 saturated carbocycles. The predicted molar refractivity (Wildman–Crippen MR) is 52.2 cm³/mol. The van der Waals surface area contributed by atoms with Gasteiger partial charge in [0.25, 0.3) is 5.69 Å². The molecule has 1 aromatic carbocycles. The number of benzene rings is 1. The van der Waals surface area contributed by atoms with Crippen LogP contribution in [0.3, 0.4) is 0 Å². The van der Waals surface area contributed by atoms with E-state index in [4.69, 9.17) is 5.26 Å². The van der Waals surface area contributed by atoms with Gasteiger partial charge in [0.15, 0.2) is 5.78 Å². The maximum Gasteiger partial charge on any atom is 0.283 e. The molecule has 16 heavy (non-hydrogen) atoms. The van der Waals surface area contributed by atoms with Crippen LogP contribution in [-0.2, 0) is 0 Å². The Kier molecular flexibility index (Phi) is 3.30. The highest BCUT2D eigenvalue weighted by Crippen LogP contribution is 2.22. The summed E-state index contributed by atoms with van der Waals surface area (Å²) in [7, 11) is 0. The summed E-state index contributed by atoms with van der Waals surface area (Å²) in [5.74, 6) is -2.48. The number of nitro groups is 1. The fraction of sp³-hybridized carbons (Fsp3) is 0.200. The van der Waals surface area contributed by atoms with Crippen LogP contribution in [0.2, 0.25) is 0 Å². The SMILES string of the molecule is CC(C#N)C(=O)c1ccc(F)cc1[N+](=O)[O-]. The molecule has 0 saturated heterocycles. The molecule has 0 aliphatic rings. The number of nitro benzene ring substituents is 1. The molecular formula is C10H7FN2O3. The van der Waals surface area contributed by atoms with Gasteiger partial charge in [-0.1, -0.05) is 0 Å². The van der Waals surface area contributed by atoms with Crippen molar-refractivity contribution in [3.8, 4) is 6.07 Å². The summed E-state index contributed by atoms with van der Waals surface area (Å²) in [5.41, 5.74) is -0.868. The van der Waals surface area contributed by atoms with Crippen LogP contribution < -0.4 is 0 Å². The number of Topliss-reactive ketones (excluding diaryl/α,β-unsaturated/α-hetero) is 1. The van der Waals surface area contributed by atoms with Crippen molar-refractivity contribution in [3.05, 3.63) is 39.7 Å². The minimum absolute atomic E-state index is 0.250. The smallest absolute Gasteiger partial charge is 0.283 e. The zero-order valence-corrected chi connectivity index (χ0v) is 8.31. The van der Waals surface area contributed by atoms with Crippen LogP contribution in [0.4, 0.5) is 10.1 Å². The molecule has 0 radical (unpaired) electrons. The number of hydrogen-bond donors (Lipinski definition) is 0. The maximum atomic E-state index is 12.8. The third-order valence-electron chi connectivity index (χ3n) is 2.01. The standard InChI is InChI=1S/C10H7FN2O3/c1-6(5-12)10(14)8-3-2-7(11)4-9(8)13(15)16/h2-4,6H,1H3. The molecule has 0 heterocycles. The summed E-state index contributed by atoms with van der Waals surface area (Å²) >= 11 is 0. The molecular weight excluding hydrogens is 215 g/mol. The molecule has 5 nitrogen and oxygen atoms in total. The Morgan fingerprint density at radius 2 is 2.25 bits per heavy atom. The number of halogens is 1. The Labute approximate surface area is 90.3 Å². The summed E-state index contributed by atoms with van der Waals surface area (Å²) in [6, 6.07) is 4.31. The molecule has 0 aliphatic heterocycles. The topological polar surface area (TPSA) is 84.0 Å². The molecule has 1 unspecified atom stereocenters. The van der Waals surface area contributed by atoms with Crippen molar-refractivity contribution in [1.82, 2.24) is 0 Å². The number of nitrogens with zero attached hydrogens (tertiary/aromatic N) is 2. The number of carbonyl (C=O) groups is 1. The highest BCUT2D eigenvalue weighted by molar-refractivity contribution is 6.02. The van der Waals surface area contributed by atoms with Crippen LogP contribution in [0, 0.1) is 33.2 Å². The van der Waals surface area contributed by atoms with Gasteiger partial charge in [-0.3, -0.25) is 14.9 Å². The highest BCUT2D eigenvalue weighted by Gasteiger charge is 2.24. The Hall–Kier alpha value is -2.29. The quantitative estimate of drug-likeness (QED) is 0.445. The van der Waals surface area contributed by atoms with Gasteiger partial charge in [-0.05, 0) is 19.1 Å². The monoisotopic (exact) mass is 222 g/mol. The van der Waals surface area contributed by atoms with E-state index >= 15 is 0 Å². The molecule has 0 bridgehead atoms. The van der Waals surface area contributed by atoms with Gasteiger partial charge in [0.2, 0.25) is 0 Å². The van der Waals surface area contributed by atoms with Crippen LogP contribution in [0.15, 0.2) is 18.2 Å². The van der Waals surface area contributed by atoms with Crippen molar-refractivity contribution in [2.45, 2.75) is 6.92 Å². The van der Waals surface area contributed by atoms with Crippen LogP contribution in [0.5, 0.6) is 0 Å². The van der Waals surface area contributed by atoms with Gasteiger partial charge >= 0.3 is 0 Å². The molecule has 82 valence electrons. The zero-order valence-electron chi connectivity index (χ0n) is 8.31. The molecule has 0 fully saturated rings. The molecule has 0 aromatic heterocycles. The van der Waals surface area contributed by atoms with Gasteiger partial charge in [-0.2, -0.15) is 5.26 Å². The van der Waals surface area contributed by atoms with Gasteiger partial charge in [0.1, 0.15) is 11.7 Å². The van der Waals surface area contributed by atoms with Crippen LogP contribution in [0.1, 0.15) is 17.3 Å². The molecule has 1 aromatic rings. The van der Waals surface area contributed by atoms with Crippen molar-refractivity contribution in [1.29, 1.82) is 5.26 Å². The average molecular weight is 222 g/mol. The summed E-state index contributed by atoms with van der Waals surface area (Å²) in [5, 5.41) is 19.1. The van der Waals surface area contributed by atoms with Crippen LogP contribution in [0.25, 0.3) is 0 Å². The molecule has 0 amide bonds. The Balaban J connectivity index is 3.29. The zero-order chi connectivity index (χ0) is 12.3. The van der Waals surface area contributed by atoms with Crippen LogP contribution in [-0.4, -0.2) is 10.7 Å². The van der Waals surface area contributed by atoms with Gasteiger partial charge in [0.05, 0.1) is 22.6 Å². The Morgan fingerprint density at radius 3 is 2.75 bits per heavy atom. The first-order valence-corrected chi connectivity index (χ1v) is 4.35. The Morgan fingerprint density at radius 1 is 1.62 bits per heavy atom. The number of rotatable bonds is 3. The van der Waals surface area contributed by atoms with E-state index in [1.165, 1.54) is 6.92 Å². The predicted octanol–water partition coefficient (Wildman–Crippen LogP) is 2.08. The van der Waals surface area contributed by atoms with E-state index < -0.39 is 28.1 Å². The van der Waals surface area contributed by atoms with E-state index in [1.54, 1.807) is 6.07 Å². The molecule has 1 rings (SSSR count). The second kappa shape index (κ2) is 4.49. The third-order valence-corrected chi connectivity index (χ3v) is 2.01. The van der Waals surface area contributed by atoms with Crippen molar-refractivity contribution in [3.63, 3.8) is 0 Å². The van der Waals surface area contributed by atoms with E-state index in [0.717, 1.165) is 12.1 Å². The minimum Gasteiger partial charge on any atom is -0.292 e. The first-order chi connectivity index (χ1) is 7.47. The lowest BCUT2D eigenvalue weighted by Crippen LogP contribution is -2.11. The fourth-order valence-electron chi connectivity index (χ4n) is 1.16. The third kappa shape index (κ3) is 2.20. The molecule has 1 atom stereocenters. The van der Waals surface area contributed by atoms with Crippen molar-refractivity contribution >= 4 is 11.5 Å². The van der Waals surface area contributed by atoms with Crippen LogP contribution >= 0.6 is 0 Å². The number of carbonyl (C=O) groups excluding carboxylic acids is 1. The lowest BCUT2D eigenvalue weighted by atomic mass is 9.99. The van der Waals surface area contributed by atoms with Crippen molar-refractivity contribution in [2.24, 2.45) is 5.92 Å². The molecule has 0 N–H and O–H groups in total. The summed E-state index contributed by atoms with van der Waals surface area (Å²) in [6.07, 6.45) is 0. The highest BCUT2D eigenvalue weighted by atomic mass is 19.1. The molecule has 0 spiro atoms.